The van der Waals surface area contributed by atoms with Crippen molar-refractivity contribution in [3.63, 3.8) is 0 Å². The minimum absolute atomic E-state index is 0.185. The van der Waals surface area contributed by atoms with E-state index in [0.29, 0.717) is 12.1 Å². The zero-order valence-corrected chi connectivity index (χ0v) is 10.5. The van der Waals surface area contributed by atoms with Crippen molar-refractivity contribution in [2.45, 2.75) is 38.5 Å². The smallest absolute Gasteiger partial charge is 0.336 e. The van der Waals surface area contributed by atoms with Crippen LogP contribution in [-0.4, -0.2) is 70.3 Å². The van der Waals surface area contributed by atoms with Crippen LogP contribution in [0.4, 0.5) is 0 Å². The van der Waals surface area contributed by atoms with Crippen LogP contribution in [0.15, 0.2) is 0 Å². The number of carbonyl (C=O) groups is 1. The summed E-state index contributed by atoms with van der Waals surface area (Å²) in [6.07, 6.45) is 0. The second-order valence-corrected chi connectivity index (χ2v) is 5.14. The number of β-amino-alcohol motifs (C(OH)–C–C–N with tert-alkyl or cyclic N) is 1. The Bertz CT molecular complexity index is 256. The molecule has 0 aromatic carbocycles. The second kappa shape index (κ2) is 4.69. The zero-order valence-electron chi connectivity index (χ0n) is 10.5. The maximum atomic E-state index is 10.8. The van der Waals surface area contributed by atoms with Gasteiger partial charge < -0.3 is 10.2 Å². The summed E-state index contributed by atoms with van der Waals surface area (Å²) in [5.74, 6) is -1.16. The molecule has 0 amide bonds. The molecule has 1 aliphatic rings. The lowest BCUT2D eigenvalue weighted by molar-refractivity contribution is -0.159. The molecule has 94 valence electrons. The van der Waals surface area contributed by atoms with Gasteiger partial charge in [0.15, 0.2) is 5.60 Å². The van der Waals surface area contributed by atoms with Gasteiger partial charge in [0, 0.05) is 31.7 Å². The third kappa shape index (κ3) is 2.93. The number of aliphatic carboxylic acids is 1. The Morgan fingerprint density at radius 2 is 1.81 bits per heavy atom. The minimum atomic E-state index is -1.66. The summed E-state index contributed by atoms with van der Waals surface area (Å²) in [6, 6.07) is 0.765. The van der Waals surface area contributed by atoms with Gasteiger partial charge in [0.05, 0.1) is 0 Å². The molecular weight excluding hydrogens is 208 g/mol. The number of carboxylic acid groups (broad SMARTS) is 1. The van der Waals surface area contributed by atoms with Gasteiger partial charge in [0.25, 0.3) is 0 Å². The Labute approximate surface area is 96.7 Å². The van der Waals surface area contributed by atoms with Gasteiger partial charge >= 0.3 is 5.97 Å². The molecule has 3 atom stereocenters. The molecule has 1 saturated heterocycles. The summed E-state index contributed by atoms with van der Waals surface area (Å²) in [6.45, 7) is 7.35. The predicted molar refractivity (Wildman–Crippen MR) is 61.4 cm³/mol. The fraction of sp³-hybridized carbons (Fsp3) is 0.909. The molecule has 1 fully saturated rings. The maximum Gasteiger partial charge on any atom is 0.336 e. The van der Waals surface area contributed by atoms with Crippen molar-refractivity contribution in [1.29, 1.82) is 0 Å². The van der Waals surface area contributed by atoms with E-state index in [9.17, 15) is 9.90 Å². The number of hydrogen-bond donors (Lipinski definition) is 2. The first-order valence-electron chi connectivity index (χ1n) is 5.64. The Morgan fingerprint density at radius 3 is 2.19 bits per heavy atom. The number of rotatable bonds is 3. The van der Waals surface area contributed by atoms with Crippen LogP contribution in [0.3, 0.4) is 0 Å². The van der Waals surface area contributed by atoms with Gasteiger partial charge in [-0.25, -0.2) is 4.79 Å². The summed E-state index contributed by atoms with van der Waals surface area (Å²) in [7, 11) is 2.07. The summed E-state index contributed by atoms with van der Waals surface area (Å²) >= 11 is 0. The SMILES string of the molecule is CC1CN(CC(C)(O)C(=O)O)CC(C)N1C. The van der Waals surface area contributed by atoms with Crippen molar-refractivity contribution in [1.82, 2.24) is 9.80 Å². The van der Waals surface area contributed by atoms with Gasteiger partial charge in [-0.3, -0.25) is 9.80 Å². The Kier molecular flexibility index (Phi) is 3.93. The van der Waals surface area contributed by atoms with Crippen LogP contribution in [0, 0.1) is 0 Å². The fourth-order valence-electron chi connectivity index (χ4n) is 2.15. The number of hydrogen-bond acceptors (Lipinski definition) is 4. The topological polar surface area (TPSA) is 64.0 Å². The van der Waals surface area contributed by atoms with Gasteiger partial charge in [0.2, 0.25) is 0 Å². The first-order valence-corrected chi connectivity index (χ1v) is 5.64. The molecule has 0 saturated carbocycles. The Balaban J connectivity index is 2.60. The van der Waals surface area contributed by atoms with Crippen LogP contribution in [0.5, 0.6) is 0 Å². The molecule has 5 nitrogen and oxygen atoms in total. The van der Waals surface area contributed by atoms with Crippen LogP contribution in [-0.2, 0) is 4.79 Å². The minimum Gasteiger partial charge on any atom is -0.479 e. The summed E-state index contributed by atoms with van der Waals surface area (Å²) in [4.78, 5) is 15.1. The lowest BCUT2D eigenvalue weighted by Gasteiger charge is -2.43. The molecule has 1 heterocycles. The van der Waals surface area contributed by atoms with Crippen molar-refractivity contribution < 1.29 is 15.0 Å². The van der Waals surface area contributed by atoms with E-state index in [4.69, 9.17) is 5.11 Å². The van der Waals surface area contributed by atoms with E-state index in [1.54, 1.807) is 0 Å². The van der Waals surface area contributed by atoms with Crippen LogP contribution < -0.4 is 0 Å². The van der Waals surface area contributed by atoms with E-state index in [-0.39, 0.29) is 6.54 Å². The fourth-order valence-corrected chi connectivity index (χ4v) is 2.15. The van der Waals surface area contributed by atoms with E-state index in [1.807, 2.05) is 4.90 Å². The molecule has 0 aromatic heterocycles. The third-order valence-electron chi connectivity index (χ3n) is 3.43. The largest absolute Gasteiger partial charge is 0.479 e. The molecule has 0 bridgehead atoms. The molecule has 0 aliphatic carbocycles. The normalized spacial score (nSPS) is 32.3. The molecule has 0 aromatic rings. The lowest BCUT2D eigenvalue weighted by Crippen LogP contribution is -2.58. The number of aliphatic hydroxyl groups is 1. The molecular formula is C11H22N2O3. The lowest BCUT2D eigenvalue weighted by atomic mass is 10.0. The molecule has 1 rings (SSSR count). The van der Waals surface area contributed by atoms with E-state index < -0.39 is 11.6 Å². The van der Waals surface area contributed by atoms with E-state index in [1.165, 1.54) is 6.92 Å². The Morgan fingerprint density at radius 1 is 1.38 bits per heavy atom. The van der Waals surface area contributed by atoms with Crippen LogP contribution in [0.1, 0.15) is 20.8 Å². The van der Waals surface area contributed by atoms with Gasteiger partial charge in [-0.15, -0.1) is 0 Å². The second-order valence-electron chi connectivity index (χ2n) is 5.14. The average molecular weight is 230 g/mol. The van der Waals surface area contributed by atoms with Crippen molar-refractivity contribution in [2.75, 3.05) is 26.7 Å². The number of nitrogens with zero attached hydrogens (tertiary/aromatic N) is 2. The van der Waals surface area contributed by atoms with Crippen LogP contribution in [0.2, 0.25) is 0 Å². The highest BCUT2D eigenvalue weighted by Crippen LogP contribution is 2.16. The molecule has 0 radical (unpaired) electrons. The van der Waals surface area contributed by atoms with Gasteiger partial charge in [-0.1, -0.05) is 0 Å². The van der Waals surface area contributed by atoms with Crippen molar-refractivity contribution >= 4 is 5.97 Å². The highest BCUT2D eigenvalue weighted by molar-refractivity contribution is 5.76. The summed E-state index contributed by atoms with van der Waals surface area (Å²) in [5, 5.41) is 18.6. The van der Waals surface area contributed by atoms with Crippen LogP contribution in [0.25, 0.3) is 0 Å². The van der Waals surface area contributed by atoms with Gasteiger partial charge in [0.1, 0.15) is 0 Å². The predicted octanol–water partition coefficient (Wildman–Crippen LogP) is -0.154. The standard InChI is InChI=1S/C11H22N2O3/c1-8-5-13(6-9(2)12(8)4)7-11(3,16)10(14)15/h8-9,16H,5-7H2,1-4H3,(H,14,15). The number of likely N-dealkylation sites (N-methyl/N-ethyl adjacent to an activating group) is 1. The van der Waals surface area contributed by atoms with E-state index in [0.717, 1.165) is 13.1 Å². The average Bonchev–Trinajstić information content (AvgIpc) is 2.13. The molecule has 1 aliphatic heterocycles. The summed E-state index contributed by atoms with van der Waals surface area (Å²) in [5.41, 5.74) is -1.66. The Hall–Kier alpha value is -0.650. The summed E-state index contributed by atoms with van der Waals surface area (Å²) < 4.78 is 0. The maximum absolute atomic E-state index is 10.8. The zero-order chi connectivity index (χ0) is 12.5. The van der Waals surface area contributed by atoms with E-state index in [2.05, 4.69) is 25.8 Å². The number of carboxylic acids is 1. The highest BCUT2D eigenvalue weighted by Gasteiger charge is 2.35. The van der Waals surface area contributed by atoms with Gasteiger partial charge in [-0.2, -0.15) is 0 Å². The first-order chi connectivity index (χ1) is 7.24. The molecule has 5 heteroatoms. The molecule has 2 N–H and O–H groups in total. The molecule has 16 heavy (non-hydrogen) atoms. The highest BCUT2D eigenvalue weighted by atomic mass is 16.4. The van der Waals surface area contributed by atoms with Crippen LogP contribution >= 0.6 is 0 Å². The van der Waals surface area contributed by atoms with E-state index >= 15 is 0 Å². The number of piperazine rings is 1. The molecule has 0 spiro atoms. The monoisotopic (exact) mass is 230 g/mol. The first kappa shape index (κ1) is 13.4. The molecule has 3 unspecified atom stereocenters. The van der Waals surface area contributed by atoms with Crippen molar-refractivity contribution in [2.24, 2.45) is 0 Å². The van der Waals surface area contributed by atoms with Crippen molar-refractivity contribution in [3.8, 4) is 0 Å². The van der Waals surface area contributed by atoms with Gasteiger partial charge in [-0.05, 0) is 27.8 Å². The quantitative estimate of drug-likeness (QED) is 0.706. The van der Waals surface area contributed by atoms with Crippen molar-refractivity contribution in [3.05, 3.63) is 0 Å². The third-order valence-corrected chi connectivity index (χ3v) is 3.43.